The lowest BCUT2D eigenvalue weighted by Crippen LogP contribution is -2.08. The molecule has 0 aliphatic rings. The lowest BCUT2D eigenvalue weighted by Gasteiger charge is -2.09. The van der Waals surface area contributed by atoms with Gasteiger partial charge in [-0.2, -0.15) is 13.2 Å². The molecule has 0 aliphatic carbocycles. The molecule has 0 unspecified atom stereocenters. The summed E-state index contributed by atoms with van der Waals surface area (Å²) in [7, 11) is 0. The molecule has 206 valence electrons. The van der Waals surface area contributed by atoms with Crippen molar-refractivity contribution in [1.29, 1.82) is 0 Å². The van der Waals surface area contributed by atoms with E-state index in [9.17, 15) is 27.9 Å². The first-order valence-electron chi connectivity index (χ1n) is 12.2. The third-order valence-corrected chi connectivity index (χ3v) is 5.75. The van der Waals surface area contributed by atoms with E-state index >= 15 is 0 Å². The molecule has 7 nitrogen and oxygen atoms in total. The summed E-state index contributed by atoms with van der Waals surface area (Å²) in [5.74, 6) is -0.945. The van der Waals surface area contributed by atoms with Crippen LogP contribution in [0.1, 0.15) is 47.2 Å². The first-order valence-corrected chi connectivity index (χ1v) is 12.2. The number of nitrogens with two attached hydrogens (primary N) is 2. The average Bonchev–Trinajstić information content (AvgIpc) is 2.87. The topological polar surface area (TPSA) is 125 Å². The summed E-state index contributed by atoms with van der Waals surface area (Å²) >= 11 is 0. The number of carbonyl (C=O) groups excluding carboxylic acids is 1. The van der Waals surface area contributed by atoms with Gasteiger partial charge in [0, 0.05) is 23.4 Å². The Kier molecular flexibility index (Phi) is 9.97. The number of rotatable bonds is 12. The maximum absolute atomic E-state index is 12.5. The van der Waals surface area contributed by atoms with Crippen molar-refractivity contribution in [2.24, 2.45) is 0 Å². The summed E-state index contributed by atoms with van der Waals surface area (Å²) in [4.78, 5) is 24.3. The third-order valence-electron chi connectivity index (χ3n) is 5.75. The van der Waals surface area contributed by atoms with E-state index in [1.165, 1.54) is 30.3 Å². The molecule has 0 aromatic heterocycles. The van der Waals surface area contributed by atoms with Crippen molar-refractivity contribution < 1.29 is 37.3 Å². The van der Waals surface area contributed by atoms with Crippen molar-refractivity contribution in [1.82, 2.24) is 0 Å². The number of hydrogen-bond acceptors (Lipinski definition) is 6. The molecule has 10 heteroatoms. The number of carboxylic acids is 1. The fourth-order valence-electron chi connectivity index (χ4n) is 3.66. The van der Waals surface area contributed by atoms with Crippen molar-refractivity contribution in [2.75, 3.05) is 18.1 Å². The van der Waals surface area contributed by atoms with E-state index < -0.39 is 24.5 Å². The SMILES string of the molecule is Nc1ccc(CCC(=Cc2ccc(C(=O)Oc3ccc(OCCCCC(F)(F)F)cc3)cc2)C(=O)O)c(N)c1. The minimum atomic E-state index is -4.17. The molecule has 0 fully saturated rings. The van der Waals surface area contributed by atoms with E-state index in [1.807, 2.05) is 0 Å². The first-order chi connectivity index (χ1) is 18.5. The summed E-state index contributed by atoms with van der Waals surface area (Å²) in [6.45, 7) is 0.148. The highest BCUT2D eigenvalue weighted by Crippen LogP contribution is 2.24. The van der Waals surface area contributed by atoms with Crippen LogP contribution >= 0.6 is 0 Å². The third kappa shape index (κ3) is 9.73. The van der Waals surface area contributed by atoms with Gasteiger partial charge in [-0.1, -0.05) is 18.2 Å². The Balaban J connectivity index is 1.53. The Bertz CT molecular complexity index is 1300. The number of aryl methyl sites for hydroxylation is 1. The molecule has 0 amide bonds. The predicted molar refractivity (Wildman–Crippen MR) is 142 cm³/mol. The second-order valence-corrected chi connectivity index (χ2v) is 8.84. The number of nitrogen functional groups attached to an aromatic ring is 2. The molecule has 0 bridgehead atoms. The molecule has 39 heavy (non-hydrogen) atoms. The first kappa shape index (κ1) is 29.1. The number of anilines is 2. The quantitative estimate of drug-likeness (QED) is 0.0808. The number of halogens is 3. The molecule has 0 radical (unpaired) electrons. The van der Waals surface area contributed by atoms with E-state index in [1.54, 1.807) is 42.5 Å². The highest BCUT2D eigenvalue weighted by Gasteiger charge is 2.25. The van der Waals surface area contributed by atoms with Crippen molar-refractivity contribution in [3.8, 4) is 11.5 Å². The van der Waals surface area contributed by atoms with Gasteiger partial charge in [-0.15, -0.1) is 0 Å². The van der Waals surface area contributed by atoms with Gasteiger partial charge >= 0.3 is 18.1 Å². The lowest BCUT2D eigenvalue weighted by molar-refractivity contribution is -0.136. The van der Waals surface area contributed by atoms with Crippen molar-refractivity contribution in [3.05, 3.63) is 89.0 Å². The van der Waals surface area contributed by atoms with E-state index in [4.69, 9.17) is 20.9 Å². The second-order valence-electron chi connectivity index (χ2n) is 8.84. The van der Waals surface area contributed by atoms with Gasteiger partial charge in [0.15, 0.2) is 0 Å². The van der Waals surface area contributed by atoms with Crippen LogP contribution in [-0.2, 0) is 11.2 Å². The van der Waals surface area contributed by atoms with Gasteiger partial charge in [0.05, 0.1) is 12.2 Å². The van der Waals surface area contributed by atoms with Crippen LogP contribution in [0.2, 0.25) is 0 Å². The van der Waals surface area contributed by atoms with Gasteiger partial charge in [0.2, 0.25) is 0 Å². The molecule has 3 rings (SSSR count). The molecule has 0 saturated carbocycles. The molecule has 0 saturated heterocycles. The number of esters is 1. The van der Waals surface area contributed by atoms with E-state index in [0.717, 1.165) is 5.56 Å². The minimum Gasteiger partial charge on any atom is -0.494 e. The van der Waals surface area contributed by atoms with Crippen LogP contribution in [-0.4, -0.2) is 29.8 Å². The van der Waals surface area contributed by atoms with Gasteiger partial charge in [-0.05, 0) is 91.4 Å². The standard InChI is InChI=1S/C29H29F3N2O5/c30-29(31,32)15-1-2-16-38-24-11-13-25(14-12-24)39-28(37)21-5-3-19(4-6-21)17-22(27(35)36)8-7-20-9-10-23(33)18-26(20)34/h3-6,9-14,17-18H,1-2,7-8,15-16,33-34H2,(H,35,36). The molecule has 5 N–H and O–H groups in total. The van der Waals surface area contributed by atoms with Crippen LogP contribution in [0.4, 0.5) is 24.5 Å². The Hall–Kier alpha value is -4.47. The molecule has 0 aliphatic heterocycles. The largest absolute Gasteiger partial charge is 0.494 e. The number of alkyl halides is 3. The van der Waals surface area contributed by atoms with E-state index in [-0.39, 0.29) is 42.8 Å². The number of carbonyl (C=O) groups is 2. The highest BCUT2D eigenvalue weighted by atomic mass is 19.4. The second kappa shape index (κ2) is 13.4. The summed E-state index contributed by atoms with van der Waals surface area (Å²) in [5, 5.41) is 9.61. The van der Waals surface area contributed by atoms with Crippen LogP contribution in [0, 0.1) is 0 Å². The predicted octanol–water partition coefficient (Wildman–Crippen LogP) is 6.28. The number of benzene rings is 3. The number of carboxylic acid groups (broad SMARTS) is 1. The molecule has 0 heterocycles. The average molecular weight is 543 g/mol. The van der Waals surface area contributed by atoms with Crippen molar-refractivity contribution in [3.63, 3.8) is 0 Å². The Morgan fingerprint density at radius 1 is 0.897 bits per heavy atom. The fourth-order valence-corrected chi connectivity index (χ4v) is 3.66. The zero-order valence-corrected chi connectivity index (χ0v) is 21.0. The van der Waals surface area contributed by atoms with E-state index in [2.05, 4.69) is 0 Å². The maximum atomic E-state index is 12.5. The highest BCUT2D eigenvalue weighted by molar-refractivity contribution is 5.93. The van der Waals surface area contributed by atoms with Crippen LogP contribution in [0.5, 0.6) is 11.5 Å². The smallest absolute Gasteiger partial charge is 0.389 e. The summed E-state index contributed by atoms with van der Waals surface area (Å²) < 4.78 is 47.3. The molecule has 3 aromatic carbocycles. The molecular weight excluding hydrogens is 513 g/mol. The monoisotopic (exact) mass is 542 g/mol. The Morgan fingerprint density at radius 3 is 2.18 bits per heavy atom. The molecule has 0 spiro atoms. The molecule has 3 aromatic rings. The van der Waals surface area contributed by atoms with E-state index in [0.29, 0.717) is 29.1 Å². The Labute approximate surface area is 223 Å². The van der Waals surface area contributed by atoms with Gasteiger partial charge in [-0.3, -0.25) is 0 Å². The normalized spacial score (nSPS) is 11.7. The van der Waals surface area contributed by atoms with Gasteiger partial charge < -0.3 is 26.0 Å². The van der Waals surface area contributed by atoms with Crippen LogP contribution < -0.4 is 20.9 Å². The van der Waals surface area contributed by atoms with Gasteiger partial charge in [-0.25, -0.2) is 9.59 Å². The minimum absolute atomic E-state index is 0.00978. The molecular formula is C29H29F3N2O5. The van der Waals surface area contributed by atoms with Crippen LogP contribution in [0.25, 0.3) is 6.08 Å². The zero-order chi connectivity index (χ0) is 28.4. The number of unbranched alkanes of at least 4 members (excludes halogenated alkanes) is 1. The molecule has 0 atom stereocenters. The summed E-state index contributed by atoms with van der Waals surface area (Å²) in [5.41, 5.74) is 14.6. The van der Waals surface area contributed by atoms with Crippen molar-refractivity contribution >= 4 is 29.4 Å². The van der Waals surface area contributed by atoms with Gasteiger partial charge in [0.25, 0.3) is 0 Å². The van der Waals surface area contributed by atoms with Crippen LogP contribution in [0.15, 0.2) is 72.3 Å². The summed E-state index contributed by atoms with van der Waals surface area (Å²) in [6, 6.07) is 17.6. The lowest BCUT2D eigenvalue weighted by atomic mass is 10.0. The zero-order valence-electron chi connectivity index (χ0n) is 21.0. The maximum Gasteiger partial charge on any atom is 0.389 e. The number of aliphatic carboxylic acids is 1. The number of hydrogen-bond donors (Lipinski definition) is 3. The Morgan fingerprint density at radius 2 is 1.56 bits per heavy atom. The fraction of sp³-hybridized carbons (Fsp3) is 0.241. The van der Waals surface area contributed by atoms with Gasteiger partial charge in [0.1, 0.15) is 11.5 Å². The summed E-state index contributed by atoms with van der Waals surface area (Å²) in [6.07, 6.45) is -2.54. The van der Waals surface area contributed by atoms with Crippen molar-refractivity contribution in [2.45, 2.75) is 38.3 Å². The van der Waals surface area contributed by atoms with Crippen LogP contribution in [0.3, 0.4) is 0 Å². The number of ether oxygens (including phenoxy) is 2.